The van der Waals surface area contributed by atoms with E-state index in [1.165, 1.54) is 26.2 Å². The molecule has 0 aliphatic carbocycles. The number of H-pyrrole nitrogens is 1. The van der Waals surface area contributed by atoms with Crippen LogP contribution in [0, 0.1) is 6.92 Å². The van der Waals surface area contributed by atoms with Gasteiger partial charge in [0.25, 0.3) is 11.5 Å². The zero-order chi connectivity index (χ0) is 23.0. The zero-order valence-electron chi connectivity index (χ0n) is 16.9. The second kappa shape index (κ2) is 7.88. The molecule has 4 rings (SSSR count). The first-order valence-electron chi connectivity index (χ1n) is 9.44. The van der Waals surface area contributed by atoms with Crippen LogP contribution >= 0.6 is 0 Å². The molecule has 2 N–H and O–H groups in total. The third-order valence-corrected chi connectivity index (χ3v) is 4.89. The van der Waals surface area contributed by atoms with Crippen LogP contribution in [-0.4, -0.2) is 27.6 Å². The Morgan fingerprint density at radius 3 is 2.41 bits per heavy atom. The van der Waals surface area contributed by atoms with Crippen LogP contribution in [0.15, 0.2) is 59.4 Å². The number of anilines is 1. The monoisotopic (exact) mass is 442 g/mol. The van der Waals surface area contributed by atoms with Crippen LogP contribution in [0.4, 0.5) is 18.9 Å². The minimum atomic E-state index is -4.78. The molecular weight excluding hydrogens is 425 g/mol. The summed E-state index contributed by atoms with van der Waals surface area (Å²) < 4.78 is 47.1. The molecule has 0 aliphatic rings. The lowest BCUT2D eigenvalue weighted by atomic mass is 10.1. The summed E-state index contributed by atoms with van der Waals surface area (Å²) in [6.45, 7) is 1.40. The van der Waals surface area contributed by atoms with Crippen LogP contribution in [0.3, 0.4) is 0 Å². The minimum absolute atomic E-state index is 0.00713. The summed E-state index contributed by atoms with van der Waals surface area (Å²) in [7, 11) is 1.42. The van der Waals surface area contributed by atoms with E-state index in [9.17, 15) is 22.8 Å². The number of aromatic nitrogens is 3. The predicted molar refractivity (Wildman–Crippen MR) is 112 cm³/mol. The normalized spacial score (nSPS) is 11.5. The van der Waals surface area contributed by atoms with Gasteiger partial charge in [-0.25, -0.2) is 4.98 Å². The molecule has 7 nitrogen and oxygen atoms in total. The minimum Gasteiger partial charge on any atom is -0.495 e. The van der Waals surface area contributed by atoms with Gasteiger partial charge < -0.3 is 10.1 Å². The fourth-order valence-corrected chi connectivity index (χ4v) is 3.46. The Labute approximate surface area is 179 Å². The summed E-state index contributed by atoms with van der Waals surface area (Å²) in [5.41, 5.74) is -2.43. The number of amides is 1. The maximum Gasteiger partial charge on any atom is 0.433 e. The van der Waals surface area contributed by atoms with Crippen LogP contribution in [0.5, 0.6) is 5.75 Å². The van der Waals surface area contributed by atoms with Gasteiger partial charge >= 0.3 is 6.18 Å². The first-order valence-corrected chi connectivity index (χ1v) is 9.44. The number of carbonyl (C=O) groups excluding carboxylic acids is 1. The summed E-state index contributed by atoms with van der Waals surface area (Å²) in [5, 5.41) is 4.65. The van der Waals surface area contributed by atoms with E-state index in [4.69, 9.17) is 4.74 Å². The van der Waals surface area contributed by atoms with Gasteiger partial charge in [-0.3, -0.25) is 14.7 Å². The summed E-state index contributed by atoms with van der Waals surface area (Å²) in [6.07, 6.45) is -4.78. The highest BCUT2D eigenvalue weighted by Crippen LogP contribution is 2.38. The number of para-hydroxylation sites is 2. The Morgan fingerprint density at radius 2 is 1.75 bits per heavy atom. The van der Waals surface area contributed by atoms with Crippen molar-refractivity contribution in [2.24, 2.45) is 0 Å². The van der Waals surface area contributed by atoms with Crippen LogP contribution < -0.4 is 15.6 Å². The lowest BCUT2D eigenvalue weighted by Crippen LogP contribution is -2.29. The number of hydrogen-bond donors (Lipinski definition) is 2. The first-order chi connectivity index (χ1) is 15.2. The summed E-state index contributed by atoms with van der Waals surface area (Å²) >= 11 is 0. The quantitative estimate of drug-likeness (QED) is 0.494. The summed E-state index contributed by atoms with van der Waals surface area (Å²) in [6, 6.07) is 14.3. The number of nitrogens with zero attached hydrogens (tertiary/aromatic N) is 2. The SMILES string of the molecule is COc1ccccc1NC(=O)c1c(C)nc2c(-c3ccccc3)c(C(F)(F)F)[nH]n2c1=O. The molecular formula is C22H17F3N4O3. The van der Waals surface area contributed by atoms with Crippen molar-refractivity contribution < 1.29 is 22.7 Å². The van der Waals surface area contributed by atoms with E-state index in [-0.39, 0.29) is 28.0 Å². The van der Waals surface area contributed by atoms with Crippen molar-refractivity contribution in [2.75, 3.05) is 12.4 Å². The van der Waals surface area contributed by atoms with Crippen molar-refractivity contribution in [2.45, 2.75) is 13.1 Å². The molecule has 2 aromatic heterocycles. The number of halogens is 3. The zero-order valence-corrected chi connectivity index (χ0v) is 16.9. The van der Waals surface area contributed by atoms with Gasteiger partial charge in [-0.2, -0.15) is 17.7 Å². The summed E-state index contributed by atoms with van der Waals surface area (Å²) in [5.74, 6) is -0.457. The molecule has 0 atom stereocenters. The number of rotatable bonds is 4. The maximum atomic E-state index is 13.8. The molecule has 0 aliphatic heterocycles. The molecule has 0 unspecified atom stereocenters. The third kappa shape index (κ3) is 3.59. The van der Waals surface area contributed by atoms with Gasteiger partial charge in [-0.15, -0.1) is 0 Å². The number of fused-ring (bicyclic) bond motifs is 1. The average molecular weight is 442 g/mol. The number of aryl methyl sites for hydroxylation is 1. The van der Waals surface area contributed by atoms with Crippen LogP contribution in [0.2, 0.25) is 0 Å². The number of carbonyl (C=O) groups is 1. The van der Waals surface area contributed by atoms with E-state index in [2.05, 4.69) is 15.4 Å². The summed E-state index contributed by atoms with van der Waals surface area (Å²) in [4.78, 5) is 30.2. The molecule has 2 aromatic carbocycles. The maximum absolute atomic E-state index is 13.8. The number of aromatic amines is 1. The van der Waals surface area contributed by atoms with Gasteiger partial charge in [-0.05, 0) is 24.6 Å². The Morgan fingerprint density at radius 1 is 1.09 bits per heavy atom. The molecule has 0 bridgehead atoms. The van der Waals surface area contributed by atoms with Crippen LogP contribution in [0.1, 0.15) is 21.7 Å². The van der Waals surface area contributed by atoms with Crippen molar-refractivity contribution in [1.82, 2.24) is 14.6 Å². The number of ether oxygens (including phenoxy) is 1. The second-order valence-electron chi connectivity index (χ2n) is 6.92. The fourth-order valence-electron chi connectivity index (χ4n) is 3.46. The Kier molecular flexibility index (Phi) is 5.21. The molecule has 0 spiro atoms. The fraction of sp³-hybridized carbons (Fsp3) is 0.136. The molecule has 0 saturated heterocycles. The lowest BCUT2D eigenvalue weighted by molar-refractivity contribution is -0.140. The van der Waals surface area contributed by atoms with E-state index < -0.39 is 23.3 Å². The van der Waals surface area contributed by atoms with Gasteiger partial charge in [-0.1, -0.05) is 42.5 Å². The lowest BCUT2D eigenvalue weighted by Gasteiger charge is -2.11. The van der Waals surface area contributed by atoms with Crippen molar-refractivity contribution in [1.29, 1.82) is 0 Å². The van der Waals surface area contributed by atoms with Gasteiger partial charge in [0.1, 0.15) is 17.0 Å². The van der Waals surface area contributed by atoms with Crippen molar-refractivity contribution in [3.05, 3.63) is 81.9 Å². The number of benzene rings is 2. The van der Waals surface area contributed by atoms with Crippen molar-refractivity contribution in [3.63, 3.8) is 0 Å². The average Bonchev–Trinajstić information content (AvgIpc) is 3.15. The smallest absolute Gasteiger partial charge is 0.433 e. The highest BCUT2D eigenvalue weighted by atomic mass is 19.4. The molecule has 164 valence electrons. The van der Waals surface area contributed by atoms with Crippen LogP contribution in [-0.2, 0) is 6.18 Å². The highest BCUT2D eigenvalue weighted by Gasteiger charge is 2.38. The molecule has 10 heteroatoms. The number of methoxy groups -OCH3 is 1. The highest BCUT2D eigenvalue weighted by molar-refractivity contribution is 6.05. The standard InChI is InChI=1S/C22H17F3N4O3/c1-12-16(20(30)27-14-10-6-7-11-15(14)32-2)21(31)29-19(26-12)17(13-8-4-3-5-9-13)18(28-29)22(23,24)25/h3-11,28H,1-2H3,(H,27,30). The first kappa shape index (κ1) is 21.2. The van der Waals surface area contributed by atoms with Crippen LogP contribution in [0.25, 0.3) is 16.8 Å². The Hall–Kier alpha value is -4.08. The van der Waals surface area contributed by atoms with Crippen molar-refractivity contribution in [3.8, 4) is 16.9 Å². The molecule has 0 fully saturated rings. The number of hydrogen-bond acceptors (Lipinski definition) is 4. The van der Waals surface area contributed by atoms with E-state index in [1.807, 2.05) is 0 Å². The van der Waals surface area contributed by atoms with Gasteiger partial charge in [0.2, 0.25) is 0 Å². The predicted octanol–water partition coefficient (Wildman–Crippen LogP) is 4.28. The van der Waals surface area contributed by atoms with Gasteiger partial charge in [0.05, 0.1) is 24.1 Å². The number of alkyl halides is 3. The van der Waals surface area contributed by atoms with E-state index in [0.29, 0.717) is 16.0 Å². The molecule has 0 saturated carbocycles. The molecule has 1 amide bonds. The Bertz CT molecular complexity index is 1380. The van der Waals surface area contributed by atoms with Crippen molar-refractivity contribution >= 4 is 17.2 Å². The largest absolute Gasteiger partial charge is 0.495 e. The van der Waals surface area contributed by atoms with E-state index >= 15 is 0 Å². The molecule has 0 radical (unpaired) electrons. The van der Waals surface area contributed by atoms with E-state index in [1.54, 1.807) is 42.5 Å². The van der Waals surface area contributed by atoms with Gasteiger partial charge in [0.15, 0.2) is 5.65 Å². The van der Waals surface area contributed by atoms with Gasteiger partial charge in [0, 0.05) is 0 Å². The topological polar surface area (TPSA) is 88.5 Å². The Balaban J connectivity index is 1.91. The third-order valence-electron chi connectivity index (χ3n) is 4.89. The number of nitrogens with one attached hydrogen (secondary N) is 2. The van der Waals surface area contributed by atoms with E-state index in [0.717, 1.165) is 0 Å². The molecule has 32 heavy (non-hydrogen) atoms. The molecule has 2 heterocycles. The second-order valence-corrected chi connectivity index (χ2v) is 6.92. The molecule has 4 aromatic rings.